The number of morpholine rings is 1. The molecule has 1 fully saturated rings. The number of sulfonamides is 1. The summed E-state index contributed by atoms with van der Waals surface area (Å²) < 4.78 is 31.5. The summed E-state index contributed by atoms with van der Waals surface area (Å²) in [6.45, 7) is 3.98. The van der Waals surface area contributed by atoms with Gasteiger partial charge in [-0.3, -0.25) is 4.79 Å². The van der Waals surface area contributed by atoms with Crippen molar-refractivity contribution in [2.75, 3.05) is 39.9 Å². The fourth-order valence-corrected chi connectivity index (χ4v) is 3.57. The van der Waals surface area contributed by atoms with Crippen molar-refractivity contribution in [1.82, 2.24) is 14.9 Å². The van der Waals surface area contributed by atoms with Crippen LogP contribution in [-0.2, 0) is 14.8 Å². The molecular weight excluding hydrogens is 318 g/mol. The Labute approximate surface area is 137 Å². The number of nitrogens with zero attached hydrogens (tertiary/aromatic N) is 1. The molecule has 1 aromatic rings. The van der Waals surface area contributed by atoms with E-state index < -0.39 is 10.0 Å². The van der Waals surface area contributed by atoms with Crippen molar-refractivity contribution < 1.29 is 17.9 Å². The molecule has 0 spiro atoms. The van der Waals surface area contributed by atoms with Gasteiger partial charge in [-0.25, -0.2) is 8.42 Å². The monoisotopic (exact) mass is 341 g/mol. The highest BCUT2D eigenvalue weighted by Gasteiger charge is 2.26. The molecule has 2 rings (SSSR count). The smallest absolute Gasteiger partial charge is 0.251 e. The summed E-state index contributed by atoms with van der Waals surface area (Å²) in [5.74, 6) is -0.220. The number of carbonyl (C=O) groups excluding carboxylic acids is 1. The van der Waals surface area contributed by atoms with Crippen LogP contribution in [0.5, 0.6) is 0 Å². The van der Waals surface area contributed by atoms with E-state index in [0.29, 0.717) is 38.4 Å². The number of hydrogen-bond donors (Lipinski definition) is 2. The molecule has 1 amide bonds. The van der Waals surface area contributed by atoms with Crippen molar-refractivity contribution in [2.24, 2.45) is 0 Å². The molecule has 128 valence electrons. The normalized spacial score (nSPS) is 17.7. The van der Waals surface area contributed by atoms with Gasteiger partial charge in [0, 0.05) is 31.2 Å². The molecule has 2 N–H and O–H groups in total. The lowest BCUT2D eigenvalue weighted by molar-refractivity contribution is 0.0730. The third kappa shape index (κ3) is 4.51. The molecule has 1 unspecified atom stereocenters. The van der Waals surface area contributed by atoms with Crippen LogP contribution in [0.15, 0.2) is 29.2 Å². The number of amides is 1. The number of hydrogen-bond acceptors (Lipinski definition) is 5. The SMILES string of the molecule is CNC(C)CNC(=O)c1ccc(S(=O)(=O)N2CCOCC2)cc1. The second-order valence-corrected chi connectivity index (χ2v) is 7.38. The van der Waals surface area contributed by atoms with Crippen molar-refractivity contribution in [3.8, 4) is 0 Å². The molecule has 1 atom stereocenters. The first-order valence-electron chi connectivity index (χ1n) is 7.58. The fraction of sp³-hybridized carbons (Fsp3) is 0.533. The minimum Gasteiger partial charge on any atom is -0.379 e. The van der Waals surface area contributed by atoms with E-state index >= 15 is 0 Å². The molecule has 8 heteroatoms. The predicted octanol–water partition coefficient (Wildman–Crippen LogP) is 0.0452. The molecule has 0 aromatic heterocycles. The summed E-state index contributed by atoms with van der Waals surface area (Å²) in [4.78, 5) is 12.2. The molecule has 23 heavy (non-hydrogen) atoms. The first-order valence-corrected chi connectivity index (χ1v) is 9.02. The zero-order valence-electron chi connectivity index (χ0n) is 13.4. The van der Waals surface area contributed by atoms with Gasteiger partial charge in [-0.2, -0.15) is 4.31 Å². The Morgan fingerprint density at radius 3 is 2.43 bits per heavy atom. The molecule has 1 aliphatic heterocycles. The molecule has 7 nitrogen and oxygen atoms in total. The van der Waals surface area contributed by atoms with E-state index in [4.69, 9.17) is 4.74 Å². The largest absolute Gasteiger partial charge is 0.379 e. The number of carbonyl (C=O) groups is 1. The van der Waals surface area contributed by atoms with Crippen molar-refractivity contribution in [1.29, 1.82) is 0 Å². The van der Waals surface area contributed by atoms with Crippen LogP contribution in [0.25, 0.3) is 0 Å². The summed E-state index contributed by atoms with van der Waals surface area (Å²) in [6, 6.07) is 6.18. The van der Waals surface area contributed by atoms with Crippen LogP contribution in [0.1, 0.15) is 17.3 Å². The van der Waals surface area contributed by atoms with Crippen LogP contribution >= 0.6 is 0 Å². The van der Waals surface area contributed by atoms with Gasteiger partial charge in [0.2, 0.25) is 10.0 Å². The Balaban J connectivity index is 2.05. The van der Waals surface area contributed by atoms with E-state index in [-0.39, 0.29) is 16.8 Å². The van der Waals surface area contributed by atoms with Crippen molar-refractivity contribution in [3.05, 3.63) is 29.8 Å². The Morgan fingerprint density at radius 1 is 1.26 bits per heavy atom. The van der Waals surface area contributed by atoms with Crippen LogP contribution in [0.2, 0.25) is 0 Å². The zero-order valence-corrected chi connectivity index (χ0v) is 14.2. The van der Waals surface area contributed by atoms with Gasteiger partial charge in [0.05, 0.1) is 18.1 Å². The number of ether oxygens (including phenoxy) is 1. The van der Waals surface area contributed by atoms with Gasteiger partial charge in [-0.1, -0.05) is 0 Å². The van der Waals surface area contributed by atoms with Crippen LogP contribution < -0.4 is 10.6 Å². The average Bonchev–Trinajstić information content (AvgIpc) is 2.60. The maximum absolute atomic E-state index is 12.5. The van der Waals surface area contributed by atoms with Crippen molar-refractivity contribution in [2.45, 2.75) is 17.9 Å². The van der Waals surface area contributed by atoms with E-state index in [0.717, 1.165) is 0 Å². The number of rotatable bonds is 6. The first kappa shape index (κ1) is 17.9. The van der Waals surface area contributed by atoms with Crippen molar-refractivity contribution in [3.63, 3.8) is 0 Å². The van der Waals surface area contributed by atoms with Gasteiger partial charge in [0.15, 0.2) is 0 Å². The molecule has 0 radical (unpaired) electrons. The highest BCUT2D eigenvalue weighted by Crippen LogP contribution is 2.17. The van der Waals surface area contributed by atoms with Crippen LogP contribution in [0.4, 0.5) is 0 Å². The molecule has 1 heterocycles. The van der Waals surface area contributed by atoms with E-state index in [9.17, 15) is 13.2 Å². The number of benzene rings is 1. The zero-order chi connectivity index (χ0) is 16.9. The van der Waals surface area contributed by atoms with E-state index in [1.807, 2.05) is 14.0 Å². The van der Waals surface area contributed by atoms with Gasteiger partial charge in [-0.15, -0.1) is 0 Å². The van der Waals surface area contributed by atoms with Gasteiger partial charge < -0.3 is 15.4 Å². The van der Waals surface area contributed by atoms with Crippen LogP contribution in [-0.4, -0.2) is 64.6 Å². The molecule has 0 aliphatic carbocycles. The summed E-state index contributed by atoms with van der Waals surface area (Å²) in [5, 5.41) is 5.82. The van der Waals surface area contributed by atoms with Gasteiger partial charge in [0.25, 0.3) is 5.91 Å². The summed E-state index contributed by atoms with van der Waals surface area (Å²) >= 11 is 0. The average molecular weight is 341 g/mol. The minimum absolute atomic E-state index is 0.167. The lowest BCUT2D eigenvalue weighted by Gasteiger charge is -2.26. The van der Waals surface area contributed by atoms with Gasteiger partial charge in [-0.05, 0) is 38.2 Å². The van der Waals surface area contributed by atoms with E-state index in [1.165, 1.54) is 28.6 Å². The minimum atomic E-state index is -3.52. The Bertz CT molecular complexity index is 625. The maximum Gasteiger partial charge on any atom is 0.251 e. The van der Waals surface area contributed by atoms with Crippen molar-refractivity contribution >= 4 is 15.9 Å². The first-order chi connectivity index (χ1) is 10.9. The van der Waals surface area contributed by atoms with Gasteiger partial charge in [0.1, 0.15) is 0 Å². The molecule has 1 aromatic carbocycles. The topological polar surface area (TPSA) is 87.7 Å². The Hall–Kier alpha value is -1.48. The second-order valence-electron chi connectivity index (χ2n) is 5.44. The lowest BCUT2D eigenvalue weighted by atomic mass is 10.2. The van der Waals surface area contributed by atoms with E-state index in [1.54, 1.807) is 0 Å². The molecule has 0 saturated carbocycles. The third-order valence-corrected chi connectivity index (χ3v) is 5.70. The fourth-order valence-electron chi connectivity index (χ4n) is 2.16. The third-order valence-electron chi connectivity index (χ3n) is 3.79. The van der Waals surface area contributed by atoms with Crippen LogP contribution in [0, 0.1) is 0 Å². The summed E-state index contributed by atoms with van der Waals surface area (Å²) in [6.07, 6.45) is 0. The molecule has 1 aliphatic rings. The quantitative estimate of drug-likeness (QED) is 0.763. The predicted molar refractivity (Wildman–Crippen MR) is 86.9 cm³/mol. The highest BCUT2D eigenvalue weighted by molar-refractivity contribution is 7.89. The molecular formula is C15H23N3O4S. The standard InChI is InChI=1S/C15H23N3O4S/c1-12(16-2)11-17-15(19)13-3-5-14(6-4-13)23(20,21)18-7-9-22-10-8-18/h3-6,12,16H,7-11H2,1-2H3,(H,17,19). The maximum atomic E-state index is 12.5. The second kappa shape index (κ2) is 7.87. The number of likely N-dealkylation sites (N-methyl/N-ethyl adjacent to an activating group) is 1. The van der Waals surface area contributed by atoms with Crippen LogP contribution in [0.3, 0.4) is 0 Å². The van der Waals surface area contributed by atoms with Gasteiger partial charge >= 0.3 is 0 Å². The summed E-state index contributed by atoms with van der Waals surface area (Å²) in [5.41, 5.74) is 0.439. The molecule has 0 bridgehead atoms. The Morgan fingerprint density at radius 2 is 1.87 bits per heavy atom. The lowest BCUT2D eigenvalue weighted by Crippen LogP contribution is -2.40. The molecule has 1 saturated heterocycles. The number of nitrogens with one attached hydrogen (secondary N) is 2. The van der Waals surface area contributed by atoms with E-state index in [2.05, 4.69) is 10.6 Å². The Kier molecular flexibility index (Phi) is 6.11. The summed E-state index contributed by atoms with van der Waals surface area (Å²) in [7, 11) is -1.70. The highest BCUT2D eigenvalue weighted by atomic mass is 32.2.